The van der Waals surface area contributed by atoms with Gasteiger partial charge in [0.15, 0.2) is 0 Å². The summed E-state index contributed by atoms with van der Waals surface area (Å²) in [7, 11) is 0. The summed E-state index contributed by atoms with van der Waals surface area (Å²) in [4.78, 5) is 35.2. The van der Waals surface area contributed by atoms with Gasteiger partial charge in [-0.3, -0.25) is 19.7 Å². The first-order valence-electron chi connectivity index (χ1n) is 7.10. The van der Waals surface area contributed by atoms with Gasteiger partial charge in [-0.2, -0.15) is 0 Å². The second-order valence-electron chi connectivity index (χ2n) is 5.78. The van der Waals surface area contributed by atoms with Crippen molar-refractivity contribution < 1.29 is 19.6 Å². The first-order valence-corrected chi connectivity index (χ1v) is 7.10. The average Bonchev–Trinajstić information content (AvgIpc) is 2.46. The number of hydrogen-bond donors (Lipinski definition) is 1. The first kappa shape index (κ1) is 15.9. The van der Waals surface area contributed by atoms with Crippen LogP contribution in [-0.2, 0) is 16.0 Å². The van der Waals surface area contributed by atoms with Crippen molar-refractivity contribution in [3.8, 4) is 0 Å². The van der Waals surface area contributed by atoms with Crippen molar-refractivity contribution in [1.82, 2.24) is 4.90 Å². The Kier molecular flexibility index (Phi) is 4.75. The van der Waals surface area contributed by atoms with Gasteiger partial charge < -0.3 is 10.0 Å². The third kappa shape index (κ3) is 3.81. The molecular weight excluding hydrogens is 288 g/mol. The van der Waals surface area contributed by atoms with Gasteiger partial charge >= 0.3 is 5.97 Å². The van der Waals surface area contributed by atoms with Gasteiger partial charge in [0.25, 0.3) is 5.69 Å². The van der Waals surface area contributed by atoms with Crippen molar-refractivity contribution in [2.24, 2.45) is 11.8 Å². The molecule has 0 aliphatic carbocycles. The monoisotopic (exact) mass is 306 g/mol. The molecule has 0 radical (unpaired) electrons. The number of carbonyl (C=O) groups excluding carboxylic acids is 1. The molecule has 7 nitrogen and oxygen atoms in total. The molecule has 22 heavy (non-hydrogen) atoms. The summed E-state index contributed by atoms with van der Waals surface area (Å²) in [6.45, 7) is 2.65. The number of non-ortho nitro benzene ring substituents is 1. The number of likely N-dealkylation sites (tertiary alicyclic amines) is 1. The van der Waals surface area contributed by atoms with Crippen LogP contribution in [0.25, 0.3) is 0 Å². The van der Waals surface area contributed by atoms with E-state index in [1.165, 1.54) is 12.1 Å². The lowest BCUT2D eigenvalue weighted by molar-refractivity contribution is -0.384. The molecule has 2 unspecified atom stereocenters. The number of nitro groups is 1. The van der Waals surface area contributed by atoms with Crippen LogP contribution in [0.3, 0.4) is 0 Å². The molecule has 0 spiro atoms. The van der Waals surface area contributed by atoms with Crippen LogP contribution in [0, 0.1) is 22.0 Å². The Bertz CT molecular complexity index is 601. The lowest BCUT2D eigenvalue weighted by atomic mass is 9.90. The SMILES string of the molecule is CC1CC(C(=O)O)CN(C(=O)Cc2cccc([N+](=O)[O-])c2)C1. The van der Waals surface area contributed by atoms with Crippen LogP contribution in [-0.4, -0.2) is 39.9 Å². The largest absolute Gasteiger partial charge is 0.481 e. The van der Waals surface area contributed by atoms with Crippen LogP contribution < -0.4 is 0 Å². The summed E-state index contributed by atoms with van der Waals surface area (Å²) in [6.07, 6.45) is 0.608. The number of benzene rings is 1. The van der Waals surface area contributed by atoms with Gasteiger partial charge in [0, 0.05) is 25.2 Å². The highest BCUT2D eigenvalue weighted by atomic mass is 16.6. The van der Waals surface area contributed by atoms with E-state index in [2.05, 4.69) is 0 Å². The Morgan fingerprint density at radius 3 is 2.77 bits per heavy atom. The zero-order chi connectivity index (χ0) is 16.3. The van der Waals surface area contributed by atoms with E-state index < -0.39 is 16.8 Å². The summed E-state index contributed by atoms with van der Waals surface area (Å²) >= 11 is 0. The number of carboxylic acids is 1. The van der Waals surface area contributed by atoms with Gasteiger partial charge in [0.2, 0.25) is 5.91 Å². The molecule has 2 rings (SSSR count). The fourth-order valence-corrected chi connectivity index (χ4v) is 2.80. The second kappa shape index (κ2) is 6.55. The van der Waals surface area contributed by atoms with E-state index in [0.29, 0.717) is 18.5 Å². The third-order valence-electron chi connectivity index (χ3n) is 3.84. The molecule has 1 aliphatic heterocycles. The summed E-state index contributed by atoms with van der Waals surface area (Å²) in [6, 6.07) is 5.95. The molecule has 0 bridgehead atoms. The average molecular weight is 306 g/mol. The van der Waals surface area contributed by atoms with Crippen LogP contribution in [0.2, 0.25) is 0 Å². The Hall–Kier alpha value is -2.44. The maximum atomic E-state index is 12.3. The predicted octanol–water partition coefficient (Wildman–Crippen LogP) is 1.71. The summed E-state index contributed by atoms with van der Waals surface area (Å²) < 4.78 is 0. The molecule has 1 N–H and O–H groups in total. The maximum Gasteiger partial charge on any atom is 0.308 e. The number of carboxylic acid groups (broad SMARTS) is 1. The van der Waals surface area contributed by atoms with Crippen LogP contribution in [0.5, 0.6) is 0 Å². The minimum absolute atomic E-state index is 0.0424. The van der Waals surface area contributed by atoms with Crippen molar-refractivity contribution >= 4 is 17.6 Å². The summed E-state index contributed by atoms with van der Waals surface area (Å²) in [5.74, 6) is -1.50. The van der Waals surface area contributed by atoms with Gasteiger partial charge in [-0.25, -0.2) is 0 Å². The number of rotatable bonds is 4. The fraction of sp³-hybridized carbons (Fsp3) is 0.467. The molecular formula is C15H18N2O5. The molecule has 0 aromatic heterocycles. The fourth-order valence-electron chi connectivity index (χ4n) is 2.80. The lowest BCUT2D eigenvalue weighted by Crippen LogP contribution is -2.46. The number of nitrogens with zero attached hydrogens (tertiary/aromatic N) is 2. The van der Waals surface area contributed by atoms with Crippen molar-refractivity contribution in [2.45, 2.75) is 19.8 Å². The smallest absolute Gasteiger partial charge is 0.308 e. The molecule has 1 aromatic carbocycles. The number of aliphatic carboxylic acids is 1. The Balaban J connectivity index is 2.06. The van der Waals surface area contributed by atoms with E-state index in [9.17, 15) is 19.7 Å². The van der Waals surface area contributed by atoms with Crippen molar-refractivity contribution in [3.63, 3.8) is 0 Å². The van der Waals surface area contributed by atoms with E-state index in [1.54, 1.807) is 17.0 Å². The van der Waals surface area contributed by atoms with Gasteiger partial charge in [0.1, 0.15) is 0 Å². The van der Waals surface area contributed by atoms with Crippen LogP contribution in [0.1, 0.15) is 18.9 Å². The number of piperidine rings is 1. The first-order chi connectivity index (χ1) is 10.4. The molecule has 1 aliphatic rings. The zero-order valence-electron chi connectivity index (χ0n) is 12.3. The van der Waals surface area contributed by atoms with Crippen LogP contribution in [0.15, 0.2) is 24.3 Å². The molecule has 1 amide bonds. The zero-order valence-corrected chi connectivity index (χ0v) is 12.3. The highest BCUT2D eigenvalue weighted by Crippen LogP contribution is 2.23. The number of hydrogen-bond acceptors (Lipinski definition) is 4. The van der Waals surface area contributed by atoms with Gasteiger partial charge in [-0.05, 0) is 17.9 Å². The van der Waals surface area contributed by atoms with E-state index in [0.717, 1.165) is 0 Å². The Labute approximate surface area is 127 Å². The number of carbonyl (C=O) groups is 2. The minimum atomic E-state index is -0.889. The van der Waals surface area contributed by atoms with Crippen LogP contribution in [0.4, 0.5) is 5.69 Å². The number of nitro benzene ring substituents is 1. The quantitative estimate of drug-likeness (QED) is 0.674. The Morgan fingerprint density at radius 2 is 2.14 bits per heavy atom. The van der Waals surface area contributed by atoms with E-state index in [4.69, 9.17) is 5.11 Å². The Morgan fingerprint density at radius 1 is 1.41 bits per heavy atom. The summed E-state index contributed by atoms with van der Waals surface area (Å²) in [5.41, 5.74) is 0.505. The normalized spacial score (nSPS) is 21.4. The molecule has 1 heterocycles. The highest BCUT2D eigenvalue weighted by molar-refractivity contribution is 5.80. The van der Waals surface area contributed by atoms with E-state index in [-0.39, 0.29) is 30.5 Å². The van der Waals surface area contributed by atoms with E-state index in [1.807, 2.05) is 6.92 Å². The summed E-state index contributed by atoms with van der Waals surface area (Å²) in [5, 5.41) is 19.9. The second-order valence-corrected chi connectivity index (χ2v) is 5.78. The van der Waals surface area contributed by atoms with Crippen molar-refractivity contribution in [2.75, 3.05) is 13.1 Å². The van der Waals surface area contributed by atoms with Gasteiger partial charge in [-0.15, -0.1) is 0 Å². The van der Waals surface area contributed by atoms with Gasteiger partial charge in [0.05, 0.1) is 17.3 Å². The third-order valence-corrected chi connectivity index (χ3v) is 3.84. The number of amides is 1. The lowest BCUT2D eigenvalue weighted by Gasteiger charge is -2.34. The molecule has 118 valence electrons. The van der Waals surface area contributed by atoms with Crippen molar-refractivity contribution in [1.29, 1.82) is 0 Å². The topological polar surface area (TPSA) is 101 Å². The predicted molar refractivity (Wildman–Crippen MR) is 78.3 cm³/mol. The van der Waals surface area contributed by atoms with Gasteiger partial charge in [-0.1, -0.05) is 19.1 Å². The van der Waals surface area contributed by atoms with E-state index >= 15 is 0 Å². The molecule has 0 saturated carbocycles. The highest BCUT2D eigenvalue weighted by Gasteiger charge is 2.31. The molecule has 2 atom stereocenters. The molecule has 1 fully saturated rings. The standard InChI is InChI=1S/C15H18N2O5/c1-10-5-12(15(19)20)9-16(8-10)14(18)7-11-3-2-4-13(6-11)17(21)22/h2-4,6,10,12H,5,7-9H2,1H3,(H,19,20). The minimum Gasteiger partial charge on any atom is -0.481 e. The molecule has 7 heteroatoms. The van der Waals surface area contributed by atoms with Crippen LogP contribution >= 0.6 is 0 Å². The van der Waals surface area contributed by atoms with Crippen molar-refractivity contribution in [3.05, 3.63) is 39.9 Å². The maximum absolute atomic E-state index is 12.3. The molecule has 1 aromatic rings. The molecule has 1 saturated heterocycles.